The standard InChI is InChI=1S/C10H17ClN2O2S3/c1-5-8(6-16-4)13(3)18(14,15)9-7(2)12-10(11)17-9/h8H,5-6H2,1-4H3. The molecule has 0 N–H and O–H groups in total. The van der Waals surface area contributed by atoms with Crippen LogP contribution in [-0.4, -0.2) is 42.8 Å². The maximum absolute atomic E-state index is 12.5. The molecule has 0 radical (unpaired) electrons. The molecule has 0 fully saturated rings. The molecule has 0 bridgehead atoms. The molecule has 0 aliphatic heterocycles. The molecule has 8 heteroatoms. The molecular formula is C10H17ClN2O2S3. The van der Waals surface area contributed by atoms with Crippen LogP contribution < -0.4 is 0 Å². The summed E-state index contributed by atoms with van der Waals surface area (Å²) < 4.78 is 26.9. The van der Waals surface area contributed by atoms with Gasteiger partial charge in [0.05, 0.1) is 5.69 Å². The van der Waals surface area contributed by atoms with Gasteiger partial charge in [-0.05, 0) is 19.6 Å². The second-order valence-electron chi connectivity index (χ2n) is 3.88. The lowest BCUT2D eigenvalue weighted by Crippen LogP contribution is -2.38. The molecule has 0 aliphatic carbocycles. The smallest absolute Gasteiger partial charge is 0.229 e. The molecule has 0 spiro atoms. The molecule has 1 rings (SSSR count). The normalized spacial score (nSPS) is 14.1. The molecule has 1 aromatic rings. The predicted octanol–water partition coefficient (Wildman–Crippen LogP) is 2.87. The number of halogens is 1. The summed E-state index contributed by atoms with van der Waals surface area (Å²) >= 11 is 8.42. The van der Waals surface area contributed by atoms with E-state index in [9.17, 15) is 8.42 Å². The van der Waals surface area contributed by atoms with Crippen molar-refractivity contribution in [3.05, 3.63) is 10.2 Å². The van der Waals surface area contributed by atoms with Gasteiger partial charge in [0.25, 0.3) is 10.0 Å². The molecule has 104 valence electrons. The van der Waals surface area contributed by atoms with Crippen LogP contribution in [0.1, 0.15) is 19.0 Å². The lowest BCUT2D eigenvalue weighted by Gasteiger charge is -2.25. The van der Waals surface area contributed by atoms with Gasteiger partial charge in [0.2, 0.25) is 0 Å². The average Bonchev–Trinajstić information content (AvgIpc) is 2.65. The summed E-state index contributed by atoms with van der Waals surface area (Å²) in [5.74, 6) is 0.776. The third-order valence-corrected chi connectivity index (χ3v) is 7.16. The molecule has 1 atom stereocenters. The second kappa shape index (κ2) is 6.56. The molecule has 4 nitrogen and oxygen atoms in total. The molecule has 18 heavy (non-hydrogen) atoms. The Morgan fingerprint density at radius 2 is 2.17 bits per heavy atom. The molecule has 0 amide bonds. The Morgan fingerprint density at radius 3 is 2.56 bits per heavy atom. The van der Waals surface area contributed by atoms with Gasteiger partial charge in [-0.25, -0.2) is 13.4 Å². The van der Waals surface area contributed by atoms with Crippen LogP contribution >= 0.6 is 34.7 Å². The monoisotopic (exact) mass is 328 g/mol. The fourth-order valence-corrected chi connectivity index (χ4v) is 5.86. The number of rotatable bonds is 6. The molecule has 0 saturated carbocycles. The van der Waals surface area contributed by atoms with Crippen LogP contribution in [0, 0.1) is 6.92 Å². The summed E-state index contributed by atoms with van der Waals surface area (Å²) in [4.78, 5) is 3.96. The highest BCUT2D eigenvalue weighted by Gasteiger charge is 2.30. The van der Waals surface area contributed by atoms with Gasteiger partial charge in [0.15, 0.2) is 8.68 Å². The molecule has 0 saturated heterocycles. The summed E-state index contributed by atoms with van der Waals surface area (Å²) in [6.07, 6.45) is 2.75. The Bertz CT molecular complexity index is 501. The number of thioether (sulfide) groups is 1. The predicted molar refractivity (Wildman–Crippen MR) is 79.3 cm³/mol. The van der Waals surface area contributed by atoms with Crippen LogP contribution in [0.25, 0.3) is 0 Å². The Morgan fingerprint density at radius 1 is 1.56 bits per heavy atom. The van der Waals surface area contributed by atoms with E-state index in [1.54, 1.807) is 25.7 Å². The maximum atomic E-state index is 12.5. The average molecular weight is 329 g/mol. The first kappa shape index (κ1) is 16.2. The highest BCUT2D eigenvalue weighted by atomic mass is 35.5. The number of sulfonamides is 1. The Balaban J connectivity index is 3.09. The molecular weight excluding hydrogens is 312 g/mol. The van der Waals surface area contributed by atoms with E-state index >= 15 is 0 Å². The second-order valence-corrected chi connectivity index (χ2v) is 8.56. The van der Waals surface area contributed by atoms with Crippen LogP contribution in [0.5, 0.6) is 0 Å². The zero-order valence-electron chi connectivity index (χ0n) is 10.8. The van der Waals surface area contributed by atoms with Gasteiger partial charge in [-0.1, -0.05) is 29.9 Å². The van der Waals surface area contributed by atoms with Crippen molar-refractivity contribution in [2.45, 2.75) is 30.5 Å². The van der Waals surface area contributed by atoms with Crippen molar-refractivity contribution >= 4 is 44.7 Å². The molecule has 1 heterocycles. The van der Waals surface area contributed by atoms with Crippen molar-refractivity contribution in [1.29, 1.82) is 0 Å². The van der Waals surface area contributed by atoms with E-state index in [-0.39, 0.29) is 14.7 Å². The molecule has 1 unspecified atom stereocenters. The van der Waals surface area contributed by atoms with Gasteiger partial charge in [0, 0.05) is 18.8 Å². The number of aromatic nitrogens is 1. The Kier molecular flexibility index (Phi) is 5.92. The molecule has 0 aliphatic rings. The largest absolute Gasteiger partial charge is 0.254 e. The van der Waals surface area contributed by atoms with Crippen molar-refractivity contribution in [3.8, 4) is 0 Å². The van der Waals surface area contributed by atoms with Gasteiger partial charge in [-0.2, -0.15) is 16.1 Å². The van der Waals surface area contributed by atoms with Crippen molar-refractivity contribution in [3.63, 3.8) is 0 Å². The molecule has 1 aromatic heterocycles. The number of hydrogen-bond donors (Lipinski definition) is 0. The zero-order chi connectivity index (χ0) is 13.9. The number of nitrogens with zero attached hydrogens (tertiary/aromatic N) is 2. The van der Waals surface area contributed by atoms with Crippen molar-refractivity contribution in [2.75, 3.05) is 19.1 Å². The minimum atomic E-state index is -3.49. The highest BCUT2D eigenvalue weighted by molar-refractivity contribution is 7.98. The zero-order valence-corrected chi connectivity index (χ0v) is 14.0. The van der Waals surface area contributed by atoms with Crippen LogP contribution in [0.15, 0.2) is 4.21 Å². The third-order valence-electron chi connectivity index (χ3n) is 2.69. The number of aryl methyl sites for hydroxylation is 1. The lowest BCUT2D eigenvalue weighted by molar-refractivity contribution is 0.386. The minimum Gasteiger partial charge on any atom is -0.229 e. The first-order valence-electron chi connectivity index (χ1n) is 5.44. The summed E-state index contributed by atoms with van der Waals surface area (Å²) in [7, 11) is -1.87. The fourth-order valence-electron chi connectivity index (χ4n) is 1.59. The van der Waals surface area contributed by atoms with E-state index in [4.69, 9.17) is 11.6 Å². The molecule has 0 aromatic carbocycles. The van der Waals surface area contributed by atoms with Crippen molar-refractivity contribution in [2.24, 2.45) is 0 Å². The summed E-state index contributed by atoms with van der Waals surface area (Å²) in [5.41, 5.74) is 0.468. The SMILES string of the molecule is CCC(CSC)N(C)S(=O)(=O)c1sc(Cl)nc1C. The van der Waals surface area contributed by atoms with E-state index in [0.717, 1.165) is 23.5 Å². The first-order chi connectivity index (χ1) is 8.34. The highest BCUT2D eigenvalue weighted by Crippen LogP contribution is 2.30. The number of hydrogen-bond acceptors (Lipinski definition) is 5. The summed E-state index contributed by atoms with van der Waals surface area (Å²) in [6, 6.07) is -0.00900. The van der Waals surface area contributed by atoms with Crippen molar-refractivity contribution < 1.29 is 8.42 Å². The van der Waals surface area contributed by atoms with Gasteiger partial charge < -0.3 is 0 Å². The van der Waals surface area contributed by atoms with E-state index in [1.807, 2.05) is 13.2 Å². The quantitative estimate of drug-likeness (QED) is 0.805. The van der Waals surface area contributed by atoms with Gasteiger partial charge in [-0.3, -0.25) is 0 Å². The van der Waals surface area contributed by atoms with Gasteiger partial charge in [-0.15, -0.1) is 0 Å². The van der Waals surface area contributed by atoms with Crippen molar-refractivity contribution in [1.82, 2.24) is 9.29 Å². The van der Waals surface area contributed by atoms with E-state index in [1.165, 1.54) is 4.31 Å². The van der Waals surface area contributed by atoms with E-state index in [2.05, 4.69) is 4.98 Å². The third kappa shape index (κ3) is 3.39. The topological polar surface area (TPSA) is 50.3 Å². The van der Waals surface area contributed by atoms with Gasteiger partial charge in [0.1, 0.15) is 0 Å². The Hall–Kier alpha value is 0.180. The van der Waals surface area contributed by atoms with Crippen LogP contribution in [0.3, 0.4) is 0 Å². The van der Waals surface area contributed by atoms with Crippen LogP contribution in [-0.2, 0) is 10.0 Å². The summed E-state index contributed by atoms with van der Waals surface area (Å²) in [6.45, 7) is 3.65. The number of thiazole rings is 1. The lowest BCUT2D eigenvalue weighted by atomic mass is 10.3. The maximum Gasteiger partial charge on any atom is 0.254 e. The van der Waals surface area contributed by atoms with E-state index < -0.39 is 10.0 Å². The van der Waals surface area contributed by atoms with Crippen LogP contribution in [0.2, 0.25) is 4.47 Å². The fraction of sp³-hybridized carbons (Fsp3) is 0.700. The minimum absolute atomic E-state index is 0.00900. The van der Waals surface area contributed by atoms with Crippen LogP contribution in [0.4, 0.5) is 0 Å². The Labute approximate surface area is 122 Å². The van der Waals surface area contributed by atoms with E-state index in [0.29, 0.717) is 5.69 Å². The first-order valence-corrected chi connectivity index (χ1v) is 9.47. The summed E-state index contributed by atoms with van der Waals surface area (Å²) in [5, 5.41) is 0. The van der Waals surface area contributed by atoms with Gasteiger partial charge >= 0.3 is 0 Å².